The Bertz CT molecular complexity index is 1170. The minimum Gasteiger partial charge on any atom is -0.345 e. The number of pyridine rings is 1. The van der Waals surface area contributed by atoms with Crippen molar-refractivity contribution in [2.75, 3.05) is 17.8 Å². The summed E-state index contributed by atoms with van der Waals surface area (Å²) in [4.78, 5) is 17.3. The molecule has 1 unspecified atom stereocenters. The Hall–Kier alpha value is -2.78. The Morgan fingerprint density at radius 2 is 1.97 bits per heavy atom. The van der Waals surface area contributed by atoms with Crippen LogP contribution in [-0.4, -0.2) is 47.8 Å². The third-order valence-electron chi connectivity index (χ3n) is 4.91. The van der Waals surface area contributed by atoms with Gasteiger partial charge in [-0.15, -0.1) is 10.2 Å². The molecule has 0 bridgehead atoms. The van der Waals surface area contributed by atoms with Gasteiger partial charge in [0.2, 0.25) is 5.91 Å². The van der Waals surface area contributed by atoms with Crippen molar-refractivity contribution in [3.63, 3.8) is 0 Å². The molecule has 0 aliphatic rings. The normalized spacial score (nSPS) is 12.2. The number of nitrogens with one attached hydrogen (secondary N) is 1. The van der Waals surface area contributed by atoms with Crippen LogP contribution in [0.3, 0.4) is 0 Å². The van der Waals surface area contributed by atoms with E-state index < -0.39 is 0 Å². The van der Waals surface area contributed by atoms with Crippen LogP contribution in [-0.2, 0) is 4.79 Å². The average Bonchev–Trinajstić information content (AvgIpc) is 3.42. The zero-order chi connectivity index (χ0) is 21.6. The summed E-state index contributed by atoms with van der Waals surface area (Å²) >= 11 is 3.17. The molecular formula is C22H24N6OS2. The first-order chi connectivity index (χ1) is 15.2. The molecule has 1 N–H and O–H groups in total. The lowest BCUT2D eigenvalue weighted by Gasteiger charge is -2.17. The van der Waals surface area contributed by atoms with Crippen LogP contribution in [0.25, 0.3) is 11.3 Å². The molecule has 160 valence electrons. The summed E-state index contributed by atoms with van der Waals surface area (Å²) in [5.41, 5.74) is 2.99. The molecule has 4 rings (SSSR count). The number of hydrogen-bond acceptors (Lipinski definition) is 6. The number of thioether (sulfide) groups is 2. The fourth-order valence-corrected chi connectivity index (χ4v) is 4.63. The molecule has 31 heavy (non-hydrogen) atoms. The minimum atomic E-state index is -0.200. The fraction of sp³-hybridized carbons (Fsp3) is 0.273. The molecule has 1 aromatic carbocycles. The fourth-order valence-electron chi connectivity index (χ4n) is 3.38. The standard InChI is InChI=1S/C22H24N6OS2/c1-16-7-3-4-8-18(16)27-13-11-23-22(27)31-15-20(29)24-17(10-14-30-2)21-26-25-19-9-5-6-12-28(19)21/h3-9,11-13,17H,10,14-15H2,1-2H3,(H,24,29). The second-order valence-corrected chi connectivity index (χ2v) is 8.97. The average molecular weight is 453 g/mol. The van der Waals surface area contributed by atoms with E-state index >= 15 is 0 Å². The van der Waals surface area contributed by atoms with E-state index in [1.807, 2.05) is 51.7 Å². The first kappa shape index (κ1) is 21.5. The number of hydrogen-bond donors (Lipinski definition) is 1. The number of amides is 1. The zero-order valence-electron chi connectivity index (χ0n) is 17.4. The van der Waals surface area contributed by atoms with Crippen molar-refractivity contribution in [3.05, 3.63) is 72.4 Å². The van der Waals surface area contributed by atoms with E-state index in [9.17, 15) is 4.79 Å². The topological polar surface area (TPSA) is 77.1 Å². The van der Waals surface area contributed by atoms with Crippen LogP contribution in [0.5, 0.6) is 0 Å². The van der Waals surface area contributed by atoms with Crippen molar-refractivity contribution in [1.29, 1.82) is 0 Å². The van der Waals surface area contributed by atoms with Crippen LogP contribution < -0.4 is 5.32 Å². The molecule has 0 fully saturated rings. The van der Waals surface area contributed by atoms with E-state index in [2.05, 4.69) is 45.8 Å². The first-order valence-corrected chi connectivity index (χ1v) is 12.4. The van der Waals surface area contributed by atoms with E-state index in [1.165, 1.54) is 11.8 Å². The SMILES string of the molecule is CSCCC(NC(=O)CSc1nccn1-c1ccccc1C)c1nnc2ccccn12. The van der Waals surface area contributed by atoms with Gasteiger partial charge in [-0.05, 0) is 49.1 Å². The smallest absolute Gasteiger partial charge is 0.231 e. The number of imidazole rings is 1. The maximum atomic E-state index is 12.8. The molecule has 0 spiro atoms. The van der Waals surface area contributed by atoms with E-state index in [0.29, 0.717) is 0 Å². The monoisotopic (exact) mass is 452 g/mol. The van der Waals surface area contributed by atoms with E-state index in [4.69, 9.17) is 0 Å². The highest BCUT2D eigenvalue weighted by Crippen LogP contribution is 2.23. The second kappa shape index (κ2) is 10.0. The predicted octanol–water partition coefficient (Wildman–Crippen LogP) is 3.93. The number of rotatable bonds is 9. The second-order valence-electron chi connectivity index (χ2n) is 7.04. The lowest BCUT2D eigenvalue weighted by Crippen LogP contribution is -2.31. The Morgan fingerprint density at radius 1 is 1.13 bits per heavy atom. The Morgan fingerprint density at radius 3 is 2.81 bits per heavy atom. The summed E-state index contributed by atoms with van der Waals surface area (Å²) in [6.07, 6.45) is 8.45. The van der Waals surface area contributed by atoms with Crippen LogP contribution in [0, 0.1) is 6.92 Å². The summed E-state index contributed by atoms with van der Waals surface area (Å²) < 4.78 is 3.95. The van der Waals surface area contributed by atoms with Crippen molar-refractivity contribution in [2.24, 2.45) is 0 Å². The molecule has 3 heterocycles. The largest absolute Gasteiger partial charge is 0.345 e. The maximum absolute atomic E-state index is 12.8. The number of nitrogens with zero attached hydrogens (tertiary/aromatic N) is 5. The van der Waals surface area contributed by atoms with Gasteiger partial charge in [-0.3, -0.25) is 13.8 Å². The molecular weight excluding hydrogens is 428 g/mol. The van der Waals surface area contributed by atoms with Gasteiger partial charge in [0.05, 0.1) is 17.5 Å². The summed E-state index contributed by atoms with van der Waals surface area (Å²) in [6, 6.07) is 13.7. The van der Waals surface area contributed by atoms with Gasteiger partial charge in [0.1, 0.15) is 0 Å². The number of benzene rings is 1. The molecule has 1 amide bonds. The first-order valence-electron chi connectivity index (χ1n) is 9.97. The van der Waals surface area contributed by atoms with Crippen LogP contribution in [0.4, 0.5) is 0 Å². The highest BCUT2D eigenvalue weighted by Gasteiger charge is 2.20. The van der Waals surface area contributed by atoms with Crippen LogP contribution in [0.2, 0.25) is 0 Å². The van der Waals surface area contributed by atoms with Crippen molar-refractivity contribution in [2.45, 2.75) is 24.5 Å². The van der Waals surface area contributed by atoms with Gasteiger partial charge in [0, 0.05) is 18.6 Å². The third kappa shape index (κ3) is 4.94. The van der Waals surface area contributed by atoms with Crippen LogP contribution >= 0.6 is 23.5 Å². The molecule has 7 nitrogen and oxygen atoms in total. The maximum Gasteiger partial charge on any atom is 0.231 e. The van der Waals surface area contributed by atoms with Gasteiger partial charge >= 0.3 is 0 Å². The van der Waals surface area contributed by atoms with Crippen LogP contribution in [0.1, 0.15) is 23.9 Å². The number of carbonyl (C=O) groups is 1. The van der Waals surface area contributed by atoms with E-state index in [1.54, 1.807) is 18.0 Å². The quantitative estimate of drug-likeness (QED) is 0.388. The molecule has 0 aliphatic carbocycles. The minimum absolute atomic E-state index is 0.0527. The Balaban J connectivity index is 1.46. The lowest BCUT2D eigenvalue weighted by atomic mass is 10.2. The van der Waals surface area contributed by atoms with Crippen molar-refractivity contribution in [1.82, 2.24) is 29.5 Å². The summed E-state index contributed by atoms with van der Waals surface area (Å²) in [5.74, 6) is 1.89. The van der Waals surface area contributed by atoms with Gasteiger partial charge in [-0.2, -0.15) is 11.8 Å². The summed E-state index contributed by atoms with van der Waals surface area (Å²) in [6.45, 7) is 2.07. The zero-order valence-corrected chi connectivity index (χ0v) is 19.1. The highest BCUT2D eigenvalue weighted by molar-refractivity contribution is 7.99. The van der Waals surface area contributed by atoms with Crippen molar-refractivity contribution in [3.8, 4) is 5.69 Å². The lowest BCUT2D eigenvalue weighted by molar-refractivity contribution is -0.119. The van der Waals surface area contributed by atoms with Crippen LogP contribution in [0.15, 0.2) is 66.2 Å². The number of carbonyl (C=O) groups excluding carboxylic acids is 1. The van der Waals surface area contributed by atoms with Gasteiger partial charge in [-0.25, -0.2) is 4.98 Å². The molecule has 9 heteroatoms. The Labute approximate surface area is 189 Å². The Kier molecular flexibility index (Phi) is 6.93. The molecule has 0 saturated heterocycles. The third-order valence-corrected chi connectivity index (χ3v) is 6.52. The number of para-hydroxylation sites is 1. The van der Waals surface area contributed by atoms with Crippen molar-refractivity contribution < 1.29 is 4.79 Å². The molecule has 4 aromatic rings. The highest BCUT2D eigenvalue weighted by atomic mass is 32.2. The molecule has 1 atom stereocenters. The van der Waals surface area contributed by atoms with Crippen molar-refractivity contribution >= 4 is 35.1 Å². The van der Waals surface area contributed by atoms with Gasteiger partial charge in [0.15, 0.2) is 16.6 Å². The number of aryl methyl sites for hydroxylation is 1. The number of fused-ring (bicyclic) bond motifs is 1. The molecule has 0 saturated carbocycles. The van der Waals surface area contributed by atoms with Gasteiger partial charge < -0.3 is 5.32 Å². The van der Waals surface area contributed by atoms with E-state index in [-0.39, 0.29) is 17.7 Å². The van der Waals surface area contributed by atoms with Gasteiger partial charge in [-0.1, -0.05) is 36.0 Å². The van der Waals surface area contributed by atoms with Gasteiger partial charge in [0.25, 0.3) is 0 Å². The van der Waals surface area contributed by atoms with E-state index in [0.717, 1.165) is 40.1 Å². The number of aromatic nitrogens is 5. The molecule has 0 radical (unpaired) electrons. The molecule has 3 aromatic heterocycles. The predicted molar refractivity (Wildman–Crippen MR) is 126 cm³/mol. The molecule has 0 aliphatic heterocycles. The summed E-state index contributed by atoms with van der Waals surface area (Å²) in [5, 5.41) is 12.5. The summed E-state index contributed by atoms with van der Waals surface area (Å²) in [7, 11) is 0.